The van der Waals surface area contributed by atoms with Crippen LogP contribution in [0.4, 0.5) is 0 Å². The third-order valence-electron chi connectivity index (χ3n) is 4.34. The molecule has 0 aromatic heterocycles. The Morgan fingerprint density at radius 3 is 1.75 bits per heavy atom. The van der Waals surface area contributed by atoms with Crippen LogP contribution in [-0.2, 0) is 0 Å². The van der Waals surface area contributed by atoms with Crippen molar-refractivity contribution in [2.24, 2.45) is 29.0 Å². The lowest BCUT2D eigenvalue weighted by Crippen LogP contribution is -2.50. The zero-order chi connectivity index (χ0) is 12.3. The van der Waals surface area contributed by atoms with E-state index in [1.54, 1.807) is 0 Å². The number of nitrogens with one attached hydrogen (secondary N) is 1. The summed E-state index contributed by atoms with van der Waals surface area (Å²) in [4.78, 5) is 0. The van der Waals surface area contributed by atoms with E-state index >= 15 is 0 Å². The third kappa shape index (κ3) is 3.46. The Labute approximate surface area is 101 Å². The topological polar surface area (TPSA) is 38.0 Å². The van der Waals surface area contributed by atoms with Crippen molar-refractivity contribution in [1.82, 2.24) is 5.43 Å². The third-order valence-corrected chi connectivity index (χ3v) is 4.34. The SMILES string of the molecule is CC(C)C1CCC(C(NN)C(C)(C)C)CC1. The maximum Gasteiger partial charge on any atom is 0.0287 e. The summed E-state index contributed by atoms with van der Waals surface area (Å²) in [6.45, 7) is 11.6. The maximum absolute atomic E-state index is 5.73. The summed E-state index contributed by atoms with van der Waals surface area (Å²) in [5.41, 5.74) is 3.32. The lowest BCUT2D eigenvalue weighted by Gasteiger charge is -2.41. The summed E-state index contributed by atoms with van der Waals surface area (Å²) in [6.07, 6.45) is 5.46. The zero-order valence-electron chi connectivity index (χ0n) is 11.7. The number of hydrogen-bond acceptors (Lipinski definition) is 2. The molecule has 2 heteroatoms. The molecular weight excluding hydrogens is 196 g/mol. The number of nitrogens with two attached hydrogens (primary N) is 1. The summed E-state index contributed by atoms with van der Waals surface area (Å²) in [5, 5.41) is 0. The molecule has 2 nitrogen and oxygen atoms in total. The molecule has 1 unspecified atom stereocenters. The van der Waals surface area contributed by atoms with E-state index in [4.69, 9.17) is 5.84 Å². The molecule has 1 saturated carbocycles. The van der Waals surface area contributed by atoms with Crippen LogP contribution in [0.5, 0.6) is 0 Å². The van der Waals surface area contributed by atoms with Gasteiger partial charge in [0.15, 0.2) is 0 Å². The number of hydrogen-bond donors (Lipinski definition) is 2. The van der Waals surface area contributed by atoms with Crippen molar-refractivity contribution in [3.8, 4) is 0 Å². The van der Waals surface area contributed by atoms with Crippen LogP contribution in [0.1, 0.15) is 60.3 Å². The second-order valence-electron chi connectivity index (χ2n) is 6.93. The normalized spacial score (nSPS) is 29.4. The van der Waals surface area contributed by atoms with Gasteiger partial charge in [0.05, 0.1) is 0 Å². The average Bonchev–Trinajstić information content (AvgIpc) is 2.17. The van der Waals surface area contributed by atoms with Crippen LogP contribution in [-0.4, -0.2) is 6.04 Å². The Bertz CT molecular complexity index is 197. The van der Waals surface area contributed by atoms with Crippen molar-refractivity contribution in [2.75, 3.05) is 0 Å². The van der Waals surface area contributed by atoms with Gasteiger partial charge in [0, 0.05) is 6.04 Å². The molecule has 0 aromatic rings. The van der Waals surface area contributed by atoms with E-state index in [1.165, 1.54) is 25.7 Å². The van der Waals surface area contributed by atoms with Crippen molar-refractivity contribution in [1.29, 1.82) is 0 Å². The van der Waals surface area contributed by atoms with Gasteiger partial charge in [-0.1, -0.05) is 34.6 Å². The highest BCUT2D eigenvalue weighted by atomic mass is 15.2. The minimum atomic E-state index is 0.268. The summed E-state index contributed by atoms with van der Waals surface area (Å²) in [6, 6.07) is 0.459. The van der Waals surface area contributed by atoms with Gasteiger partial charge in [-0.05, 0) is 48.9 Å². The second kappa shape index (κ2) is 5.50. The molecular formula is C14H30N2. The molecule has 1 atom stereocenters. The van der Waals surface area contributed by atoms with E-state index in [0.29, 0.717) is 6.04 Å². The minimum Gasteiger partial charge on any atom is -0.271 e. The maximum atomic E-state index is 5.73. The predicted molar refractivity (Wildman–Crippen MR) is 70.9 cm³/mol. The highest BCUT2D eigenvalue weighted by Gasteiger charge is 2.34. The first-order valence-electron chi connectivity index (χ1n) is 6.82. The van der Waals surface area contributed by atoms with E-state index in [1.807, 2.05) is 0 Å². The molecule has 0 heterocycles. The van der Waals surface area contributed by atoms with Gasteiger partial charge >= 0.3 is 0 Å². The fourth-order valence-electron chi connectivity index (χ4n) is 3.24. The highest BCUT2D eigenvalue weighted by Crippen LogP contribution is 2.38. The zero-order valence-corrected chi connectivity index (χ0v) is 11.7. The summed E-state index contributed by atoms with van der Waals surface area (Å²) in [7, 11) is 0. The Morgan fingerprint density at radius 1 is 1.00 bits per heavy atom. The van der Waals surface area contributed by atoms with Gasteiger partial charge < -0.3 is 0 Å². The number of hydrazine groups is 1. The van der Waals surface area contributed by atoms with E-state index < -0.39 is 0 Å². The number of rotatable bonds is 3. The predicted octanol–water partition coefficient (Wildman–Crippen LogP) is 3.33. The van der Waals surface area contributed by atoms with Crippen LogP contribution < -0.4 is 11.3 Å². The Kier molecular flexibility index (Phi) is 4.81. The van der Waals surface area contributed by atoms with Gasteiger partial charge in [0.1, 0.15) is 0 Å². The van der Waals surface area contributed by atoms with Crippen molar-refractivity contribution in [2.45, 2.75) is 66.3 Å². The quantitative estimate of drug-likeness (QED) is 0.572. The van der Waals surface area contributed by atoms with Crippen LogP contribution in [0.3, 0.4) is 0 Å². The van der Waals surface area contributed by atoms with Gasteiger partial charge in [-0.2, -0.15) is 0 Å². The molecule has 1 rings (SSSR count). The first-order chi connectivity index (χ1) is 7.36. The second-order valence-corrected chi connectivity index (χ2v) is 6.93. The van der Waals surface area contributed by atoms with Gasteiger partial charge in [0.25, 0.3) is 0 Å². The van der Waals surface area contributed by atoms with Crippen molar-refractivity contribution < 1.29 is 0 Å². The summed E-state index contributed by atoms with van der Waals surface area (Å²) < 4.78 is 0. The smallest absolute Gasteiger partial charge is 0.0287 e. The fourth-order valence-corrected chi connectivity index (χ4v) is 3.24. The Balaban J connectivity index is 2.52. The van der Waals surface area contributed by atoms with Crippen molar-refractivity contribution >= 4 is 0 Å². The van der Waals surface area contributed by atoms with Crippen LogP contribution in [0.15, 0.2) is 0 Å². The standard InChI is InChI=1S/C14H30N2/c1-10(2)11-6-8-12(9-7-11)13(16-15)14(3,4)5/h10-13,16H,6-9,15H2,1-5H3. The van der Waals surface area contributed by atoms with Crippen molar-refractivity contribution in [3.05, 3.63) is 0 Å². The van der Waals surface area contributed by atoms with Gasteiger partial charge in [-0.15, -0.1) is 0 Å². The molecule has 0 spiro atoms. The molecule has 16 heavy (non-hydrogen) atoms. The van der Waals surface area contributed by atoms with Gasteiger partial charge in [0.2, 0.25) is 0 Å². The van der Waals surface area contributed by atoms with Crippen molar-refractivity contribution in [3.63, 3.8) is 0 Å². The van der Waals surface area contributed by atoms with Gasteiger partial charge in [-0.25, -0.2) is 0 Å². The first-order valence-corrected chi connectivity index (χ1v) is 6.82. The molecule has 0 aromatic carbocycles. The van der Waals surface area contributed by atoms with E-state index in [-0.39, 0.29) is 5.41 Å². The van der Waals surface area contributed by atoms with E-state index in [2.05, 4.69) is 40.0 Å². The molecule has 0 aliphatic heterocycles. The molecule has 1 aliphatic carbocycles. The largest absolute Gasteiger partial charge is 0.271 e. The molecule has 0 saturated heterocycles. The average molecular weight is 226 g/mol. The molecule has 0 bridgehead atoms. The van der Waals surface area contributed by atoms with Gasteiger partial charge in [-0.3, -0.25) is 11.3 Å². The lowest BCUT2D eigenvalue weighted by atomic mass is 9.69. The molecule has 0 radical (unpaired) electrons. The highest BCUT2D eigenvalue weighted by molar-refractivity contribution is 4.88. The minimum absolute atomic E-state index is 0.268. The summed E-state index contributed by atoms with van der Waals surface area (Å²) in [5.74, 6) is 8.28. The van der Waals surface area contributed by atoms with E-state index in [0.717, 1.165) is 17.8 Å². The van der Waals surface area contributed by atoms with Crippen LogP contribution in [0, 0.1) is 23.2 Å². The molecule has 96 valence electrons. The first kappa shape index (κ1) is 14.0. The Hall–Kier alpha value is -0.0800. The monoisotopic (exact) mass is 226 g/mol. The fraction of sp³-hybridized carbons (Fsp3) is 1.00. The van der Waals surface area contributed by atoms with Crippen LogP contribution in [0.25, 0.3) is 0 Å². The summed E-state index contributed by atoms with van der Waals surface area (Å²) >= 11 is 0. The Morgan fingerprint density at radius 2 is 1.44 bits per heavy atom. The molecule has 3 N–H and O–H groups in total. The molecule has 1 aliphatic rings. The molecule has 0 amide bonds. The molecule has 1 fully saturated rings. The van der Waals surface area contributed by atoms with Crippen LogP contribution in [0.2, 0.25) is 0 Å². The lowest BCUT2D eigenvalue weighted by molar-refractivity contribution is 0.126. The van der Waals surface area contributed by atoms with E-state index in [9.17, 15) is 0 Å². The van der Waals surface area contributed by atoms with Crippen LogP contribution >= 0.6 is 0 Å².